The average Bonchev–Trinajstić information content (AvgIpc) is 2.92. The van der Waals surface area contributed by atoms with Gasteiger partial charge in [0.15, 0.2) is 0 Å². The highest BCUT2D eigenvalue weighted by molar-refractivity contribution is 5.35. The Morgan fingerprint density at radius 2 is 2.28 bits per heavy atom. The fourth-order valence-electron chi connectivity index (χ4n) is 2.33. The molecule has 4 nitrogen and oxygen atoms in total. The molecule has 1 aliphatic heterocycles. The van der Waals surface area contributed by atoms with E-state index in [2.05, 4.69) is 4.90 Å². The number of rotatable bonds is 5. The molecule has 0 aliphatic carbocycles. The van der Waals surface area contributed by atoms with Crippen LogP contribution in [0.15, 0.2) is 24.3 Å². The zero-order valence-corrected chi connectivity index (χ0v) is 11.0. The molecular formula is C14H21NO3. The van der Waals surface area contributed by atoms with Gasteiger partial charge in [-0.2, -0.15) is 0 Å². The quantitative estimate of drug-likeness (QED) is 0.860. The standard InChI is InChI=1S/C14H21NO3/c1-15(11-7-8-18-10-11)9-13(16)12-5-3-4-6-14(12)17-2/h3-6,11,13,16H,7-10H2,1-2H3. The maximum Gasteiger partial charge on any atom is 0.124 e. The minimum Gasteiger partial charge on any atom is -0.496 e. The third-order valence-electron chi connectivity index (χ3n) is 3.49. The molecular weight excluding hydrogens is 230 g/mol. The number of hydrogen-bond donors (Lipinski definition) is 1. The smallest absolute Gasteiger partial charge is 0.124 e. The van der Waals surface area contributed by atoms with Gasteiger partial charge in [0.1, 0.15) is 5.75 Å². The Balaban J connectivity index is 1.99. The number of ether oxygens (including phenoxy) is 2. The summed E-state index contributed by atoms with van der Waals surface area (Å²) in [5, 5.41) is 10.3. The van der Waals surface area contributed by atoms with Crippen LogP contribution in [0.5, 0.6) is 5.75 Å². The summed E-state index contributed by atoms with van der Waals surface area (Å²) in [7, 11) is 3.65. The van der Waals surface area contributed by atoms with E-state index >= 15 is 0 Å². The van der Waals surface area contributed by atoms with Crippen LogP contribution in [0.25, 0.3) is 0 Å². The second kappa shape index (κ2) is 6.18. The maximum atomic E-state index is 10.3. The summed E-state index contributed by atoms with van der Waals surface area (Å²) in [6.07, 6.45) is 0.501. The van der Waals surface area contributed by atoms with E-state index in [0.717, 1.165) is 30.9 Å². The molecule has 1 saturated heterocycles. The number of para-hydroxylation sites is 1. The molecule has 2 atom stereocenters. The van der Waals surface area contributed by atoms with E-state index in [9.17, 15) is 5.11 Å². The van der Waals surface area contributed by atoms with Gasteiger partial charge in [-0.25, -0.2) is 0 Å². The van der Waals surface area contributed by atoms with Gasteiger partial charge < -0.3 is 14.6 Å². The molecule has 2 rings (SSSR count). The summed E-state index contributed by atoms with van der Waals surface area (Å²) in [5.41, 5.74) is 0.839. The Kier molecular flexibility index (Phi) is 4.58. The summed E-state index contributed by atoms with van der Waals surface area (Å²) in [4.78, 5) is 2.16. The third-order valence-corrected chi connectivity index (χ3v) is 3.49. The van der Waals surface area contributed by atoms with Gasteiger partial charge in [-0.1, -0.05) is 18.2 Å². The first-order chi connectivity index (χ1) is 8.72. The van der Waals surface area contributed by atoms with E-state index in [1.165, 1.54) is 0 Å². The molecule has 4 heteroatoms. The molecule has 18 heavy (non-hydrogen) atoms. The van der Waals surface area contributed by atoms with E-state index in [1.807, 2.05) is 31.3 Å². The number of aliphatic hydroxyl groups excluding tert-OH is 1. The van der Waals surface area contributed by atoms with Crippen LogP contribution in [0.1, 0.15) is 18.1 Å². The lowest BCUT2D eigenvalue weighted by atomic mass is 10.1. The molecule has 100 valence electrons. The Labute approximate surface area is 108 Å². The highest BCUT2D eigenvalue weighted by Gasteiger charge is 2.23. The molecule has 1 aliphatic rings. The number of aliphatic hydroxyl groups is 1. The minimum atomic E-state index is -0.535. The number of likely N-dealkylation sites (N-methyl/N-ethyl adjacent to an activating group) is 1. The van der Waals surface area contributed by atoms with E-state index in [1.54, 1.807) is 7.11 Å². The maximum absolute atomic E-state index is 10.3. The molecule has 0 bridgehead atoms. The van der Waals surface area contributed by atoms with Crippen LogP contribution in [0.2, 0.25) is 0 Å². The third kappa shape index (κ3) is 3.02. The monoisotopic (exact) mass is 251 g/mol. The lowest BCUT2D eigenvalue weighted by molar-refractivity contribution is 0.0933. The summed E-state index contributed by atoms with van der Waals surface area (Å²) < 4.78 is 10.6. The van der Waals surface area contributed by atoms with Crippen molar-refractivity contribution in [2.75, 3.05) is 33.9 Å². The highest BCUT2D eigenvalue weighted by atomic mass is 16.5. The normalized spacial score (nSPS) is 21.2. The minimum absolute atomic E-state index is 0.411. The zero-order chi connectivity index (χ0) is 13.0. The largest absolute Gasteiger partial charge is 0.496 e. The highest BCUT2D eigenvalue weighted by Crippen LogP contribution is 2.26. The molecule has 0 aromatic heterocycles. The lowest BCUT2D eigenvalue weighted by Gasteiger charge is -2.26. The molecule has 1 fully saturated rings. The molecule has 0 radical (unpaired) electrons. The van der Waals surface area contributed by atoms with E-state index in [-0.39, 0.29) is 0 Å². The Morgan fingerprint density at radius 1 is 1.50 bits per heavy atom. The Morgan fingerprint density at radius 3 is 2.94 bits per heavy atom. The number of nitrogens with zero attached hydrogens (tertiary/aromatic N) is 1. The summed E-state index contributed by atoms with van der Waals surface area (Å²) >= 11 is 0. The Bertz CT molecular complexity index is 377. The average molecular weight is 251 g/mol. The van der Waals surface area contributed by atoms with Gasteiger partial charge in [0.2, 0.25) is 0 Å². The van der Waals surface area contributed by atoms with Gasteiger partial charge in [0.05, 0.1) is 19.8 Å². The van der Waals surface area contributed by atoms with Crippen LogP contribution in [-0.2, 0) is 4.74 Å². The SMILES string of the molecule is COc1ccccc1C(O)CN(C)C1CCOC1. The van der Waals surface area contributed by atoms with Crippen LogP contribution >= 0.6 is 0 Å². The van der Waals surface area contributed by atoms with Crippen molar-refractivity contribution in [3.05, 3.63) is 29.8 Å². The fourth-order valence-corrected chi connectivity index (χ4v) is 2.33. The van der Waals surface area contributed by atoms with Crippen molar-refractivity contribution >= 4 is 0 Å². The van der Waals surface area contributed by atoms with Crippen LogP contribution in [0.4, 0.5) is 0 Å². The first-order valence-corrected chi connectivity index (χ1v) is 6.31. The van der Waals surface area contributed by atoms with Gasteiger partial charge in [-0.15, -0.1) is 0 Å². The van der Waals surface area contributed by atoms with Crippen molar-refractivity contribution in [3.63, 3.8) is 0 Å². The van der Waals surface area contributed by atoms with Crippen LogP contribution in [0.3, 0.4) is 0 Å². The summed E-state index contributed by atoms with van der Waals surface area (Å²) in [6.45, 7) is 2.17. The van der Waals surface area contributed by atoms with E-state index in [0.29, 0.717) is 12.6 Å². The van der Waals surface area contributed by atoms with Gasteiger partial charge in [-0.3, -0.25) is 4.90 Å². The number of benzene rings is 1. The molecule has 1 heterocycles. The molecule has 1 N–H and O–H groups in total. The van der Waals surface area contributed by atoms with Gasteiger partial charge in [-0.05, 0) is 19.5 Å². The molecule has 0 spiro atoms. The van der Waals surface area contributed by atoms with Crippen molar-refractivity contribution in [1.82, 2.24) is 4.90 Å². The second-order valence-corrected chi connectivity index (χ2v) is 4.71. The Hall–Kier alpha value is -1.10. The van der Waals surface area contributed by atoms with Crippen LogP contribution in [-0.4, -0.2) is 50.0 Å². The summed E-state index contributed by atoms with van der Waals surface area (Å²) in [5.74, 6) is 0.737. The van der Waals surface area contributed by atoms with Crippen molar-refractivity contribution in [2.45, 2.75) is 18.6 Å². The van der Waals surface area contributed by atoms with Crippen molar-refractivity contribution in [3.8, 4) is 5.75 Å². The lowest BCUT2D eigenvalue weighted by Crippen LogP contribution is -2.35. The van der Waals surface area contributed by atoms with E-state index in [4.69, 9.17) is 9.47 Å². The van der Waals surface area contributed by atoms with Crippen molar-refractivity contribution in [2.24, 2.45) is 0 Å². The van der Waals surface area contributed by atoms with E-state index < -0.39 is 6.10 Å². The zero-order valence-electron chi connectivity index (χ0n) is 11.0. The van der Waals surface area contributed by atoms with Gasteiger partial charge >= 0.3 is 0 Å². The number of hydrogen-bond acceptors (Lipinski definition) is 4. The first kappa shape index (κ1) is 13.3. The molecule has 0 amide bonds. The molecule has 1 aromatic carbocycles. The van der Waals surface area contributed by atoms with Gasteiger partial charge in [0, 0.05) is 24.8 Å². The predicted molar refractivity (Wildman–Crippen MR) is 69.8 cm³/mol. The van der Waals surface area contributed by atoms with Crippen molar-refractivity contribution in [1.29, 1.82) is 0 Å². The molecule has 2 unspecified atom stereocenters. The molecule has 0 saturated carbocycles. The summed E-state index contributed by atoms with van der Waals surface area (Å²) in [6, 6.07) is 8.01. The van der Waals surface area contributed by atoms with Crippen molar-refractivity contribution < 1.29 is 14.6 Å². The van der Waals surface area contributed by atoms with Gasteiger partial charge in [0.25, 0.3) is 0 Å². The predicted octanol–water partition coefficient (Wildman–Crippen LogP) is 1.45. The topological polar surface area (TPSA) is 41.9 Å². The first-order valence-electron chi connectivity index (χ1n) is 6.31. The van der Waals surface area contributed by atoms with Crippen LogP contribution in [0, 0.1) is 0 Å². The molecule has 1 aromatic rings. The fraction of sp³-hybridized carbons (Fsp3) is 0.571. The second-order valence-electron chi connectivity index (χ2n) is 4.71. The van der Waals surface area contributed by atoms with Crippen LogP contribution < -0.4 is 4.74 Å². The number of methoxy groups -OCH3 is 1.